The van der Waals surface area contributed by atoms with Crippen LogP contribution in [0.4, 0.5) is 0 Å². The molecule has 4 nitrogen and oxygen atoms in total. The van der Waals surface area contributed by atoms with E-state index in [1.165, 1.54) is 4.31 Å². The van der Waals surface area contributed by atoms with Crippen LogP contribution in [0.2, 0.25) is 0 Å². The molecule has 5 heteroatoms. The van der Waals surface area contributed by atoms with E-state index in [1.54, 1.807) is 31.2 Å². The molecular formula is C14H23NO3S. The van der Waals surface area contributed by atoms with Gasteiger partial charge in [0.1, 0.15) is 5.75 Å². The number of hydrogen-bond acceptors (Lipinski definition) is 3. The van der Waals surface area contributed by atoms with Crippen molar-refractivity contribution < 1.29 is 13.5 Å². The van der Waals surface area contributed by atoms with Gasteiger partial charge in [-0.3, -0.25) is 0 Å². The quantitative estimate of drug-likeness (QED) is 0.838. The maximum Gasteiger partial charge on any atom is 0.217 e. The zero-order valence-electron chi connectivity index (χ0n) is 11.8. The Balaban J connectivity index is 3.00. The molecule has 0 heterocycles. The van der Waals surface area contributed by atoms with Crippen LogP contribution in [0.5, 0.6) is 5.75 Å². The molecule has 0 aromatic heterocycles. The highest BCUT2D eigenvalue weighted by Crippen LogP contribution is 2.21. The average molecular weight is 285 g/mol. The second kappa shape index (κ2) is 6.91. The molecule has 0 saturated carbocycles. The normalized spacial score (nSPS) is 13.7. The highest BCUT2D eigenvalue weighted by atomic mass is 32.2. The largest absolute Gasteiger partial charge is 0.508 e. The van der Waals surface area contributed by atoms with Gasteiger partial charge in [-0.15, -0.1) is 0 Å². The van der Waals surface area contributed by atoms with Gasteiger partial charge < -0.3 is 5.11 Å². The van der Waals surface area contributed by atoms with E-state index in [9.17, 15) is 13.5 Å². The van der Waals surface area contributed by atoms with Gasteiger partial charge in [0, 0.05) is 18.7 Å². The molecule has 0 aliphatic carbocycles. The molecule has 1 aromatic carbocycles. The zero-order chi connectivity index (χ0) is 14.5. The Morgan fingerprint density at radius 3 is 2.42 bits per heavy atom. The Morgan fingerprint density at radius 2 is 1.89 bits per heavy atom. The molecule has 1 aromatic rings. The number of para-hydroxylation sites is 1. The molecule has 0 spiro atoms. The monoisotopic (exact) mass is 285 g/mol. The minimum atomic E-state index is -3.31. The molecule has 0 unspecified atom stereocenters. The van der Waals surface area contributed by atoms with Crippen molar-refractivity contribution in [2.75, 3.05) is 6.54 Å². The molecule has 0 aliphatic rings. The van der Waals surface area contributed by atoms with Crippen LogP contribution >= 0.6 is 0 Å². The molecule has 0 bridgehead atoms. The van der Waals surface area contributed by atoms with Crippen LogP contribution in [0.25, 0.3) is 0 Å². The van der Waals surface area contributed by atoms with Crippen LogP contribution in [-0.2, 0) is 16.6 Å². The van der Waals surface area contributed by atoms with E-state index < -0.39 is 15.3 Å². The van der Waals surface area contributed by atoms with Crippen molar-refractivity contribution in [3.8, 4) is 5.75 Å². The van der Waals surface area contributed by atoms with Gasteiger partial charge in [0.2, 0.25) is 10.0 Å². The van der Waals surface area contributed by atoms with Crippen molar-refractivity contribution in [3.63, 3.8) is 0 Å². The molecule has 19 heavy (non-hydrogen) atoms. The van der Waals surface area contributed by atoms with Crippen molar-refractivity contribution in [2.24, 2.45) is 0 Å². The summed E-state index contributed by atoms with van der Waals surface area (Å²) in [5, 5.41) is 9.37. The van der Waals surface area contributed by atoms with Crippen LogP contribution in [0.1, 0.15) is 39.2 Å². The minimum absolute atomic E-state index is 0.142. The number of hydrogen-bond donors (Lipinski definition) is 1. The summed E-state index contributed by atoms with van der Waals surface area (Å²) in [4.78, 5) is 0. The minimum Gasteiger partial charge on any atom is -0.508 e. The summed E-state index contributed by atoms with van der Waals surface area (Å²) < 4.78 is 26.3. The molecule has 1 rings (SSSR count). The fraction of sp³-hybridized carbons (Fsp3) is 0.571. The summed E-state index contributed by atoms with van der Waals surface area (Å²) in [6.07, 6.45) is 1.34. The SMILES string of the molecule is CCCN(Cc1ccccc1O)S(=O)(=O)[C@@H](C)CC. The number of phenols is 1. The van der Waals surface area contributed by atoms with Crippen LogP contribution in [-0.4, -0.2) is 29.6 Å². The lowest BCUT2D eigenvalue weighted by molar-refractivity contribution is 0.387. The Bertz CT molecular complexity index is 499. The molecule has 0 aliphatic heterocycles. The third kappa shape index (κ3) is 3.94. The molecule has 1 N–H and O–H groups in total. The lowest BCUT2D eigenvalue weighted by Crippen LogP contribution is -2.37. The van der Waals surface area contributed by atoms with Gasteiger partial charge in [-0.05, 0) is 25.8 Å². The van der Waals surface area contributed by atoms with E-state index in [0.717, 1.165) is 6.42 Å². The van der Waals surface area contributed by atoms with Gasteiger partial charge in [-0.1, -0.05) is 32.0 Å². The van der Waals surface area contributed by atoms with Gasteiger partial charge in [0.25, 0.3) is 0 Å². The van der Waals surface area contributed by atoms with E-state index in [1.807, 2.05) is 13.8 Å². The number of sulfonamides is 1. The first-order valence-electron chi connectivity index (χ1n) is 6.69. The lowest BCUT2D eigenvalue weighted by atomic mass is 10.2. The number of nitrogens with zero attached hydrogens (tertiary/aromatic N) is 1. The van der Waals surface area contributed by atoms with Crippen molar-refractivity contribution in [3.05, 3.63) is 29.8 Å². The van der Waals surface area contributed by atoms with E-state index in [2.05, 4.69) is 0 Å². The molecule has 0 radical (unpaired) electrons. The molecule has 0 fully saturated rings. The molecule has 0 amide bonds. The van der Waals surface area contributed by atoms with Gasteiger partial charge >= 0.3 is 0 Å². The van der Waals surface area contributed by atoms with Gasteiger partial charge in [-0.25, -0.2) is 8.42 Å². The predicted molar refractivity (Wildman–Crippen MR) is 77.5 cm³/mol. The Labute approximate surface area is 116 Å². The van der Waals surface area contributed by atoms with E-state index in [0.29, 0.717) is 18.5 Å². The first kappa shape index (κ1) is 16.0. The number of aromatic hydroxyl groups is 1. The van der Waals surface area contributed by atoms with Crippen LogP contribution in [0, 0.1) is 0 Å². The first-order valence-corrected chi connectivity index (χ1v) is 8.19. The van der Waals surface area contributed by atoms with Crippen LogP contribution in [0.15, 0.2) is 24.3 Å². The number of phenolic OH excluding ortho intramolecular Hbond substituents is 1. The highest BCUT2D eigenvalue weighted by Gasteiger charge is 2.27. The van der Waals surface area contributed by atoms with Crippen LogP contribution in [0.3, 0.4) is 0 Å². The highest BCUT2D eigenvalue weighted by molar-refractivity contribution is 7.89. The summed E-state index contributed by atoms with van der Waals surface area (Å²) in [7, 11) is -3.31. The molecule has 1 atom stereocenters. The molecule has 108 valence electrons. The van der Waals surface area contributed by atoms with Crippen molar-refractivity contribution in [2.45, 2.75) is 45.4 Å². The van der Waals surface area contributed by atoms with Crippen molar-refractivity contribution in [1.29, 1.82) is 0 Å². The Hall–Kier alpha value is -1.07. The average Bonchev–Trinajstić information content (AvgIpc) is 2.39. The van der Waals surface area contributed by atoms with Gasteiger partial charge in [0.15, 0.2) is 0 Å². The summed E-state index contributed by atoms with van der Waals surface area (Å²) in [6.45, 7) is 6.24. The van der Waals surface area contributed by atoms with E-state index in [-0.39, 0.29) is 12.3 Å². The van der Waals surface area contributed by atoms with E-state index in [4.69, 9.17) is 0 Å². The fourth-order valence-corrected chi connectivity index (χ4v) is 3.53. The Kier molecular flexibility index (Phi) is 5.82. The van der Waals surface area contributed by atoms with E-state index >= 15 is 0 Å². The van der Waals surface area contributed by atoms with Gasteiger partial charge in [-0.2, -0.15) is 4.31 Å². The summed E-state index contributed by atoms with van der Waals surface area (Å²) >= 11 is 0. The van der Waals surface area contributed by atoms with Gasteiger partial charge in [0.05, 0.1) is 5.25 Å². The second-order valence-corrected chi connectivity index (χ2v) is 7.08. The lowest BCUT2D eigenvalue weighted by Gasteiger charge is -2.25. The van der Waals surface area contributed by atoms with Crippen molar-refractivity contribution >= 4 is 10.0 Å². The fourth-order valence-electron chi connectivity index (χ4n) is 1.85. The zero-order valence-corrected chi connectivity index (χ0v) is 12.7. The van der Waals surface area contributed by atoms with Crippen LogP contribution < -0.4 is 0 Å². The first-order chi connectivity index (χ1) is 8.93. The summed E-state index contributed by atoms with van der Waals surface area (Å²) in [5.74, 6) is 0.142. The molecule has 0 saturated heterocycles. The predicted octanol–water partition coefficient (Wildman–Crippen LogP) is 2.73. The number of rotatable bonds is 7. The molecular weight excluding hydrogens is 262 g/mol. The second-order valence-electron chi connectivity index (χ2n) is 4.73. The third-order valence-electron chi connectivity index (χ3n) is 3.25. The Morgan fingerprint density at radius 1 is 1.26 bits per heavy atom. The topological polar surface area (TPSA) is 57.6 Å². The number of benzene rings is 1. The van der Waals surface area contributed by atoms with Crippen molar-refractivity contribution in [1.82, 2.24) is 4.31 Å². The standard InChI is InChI=1S/C14H23NO3S/c1-4-10-15(19(17,18)12(3)5-2)11-13-8-6-7-9-14(13)16/h6-9,12,16H,4-5,10-11H2,1-3H3/t12-/m0/s1. The summed E-state index contributed by atoms with van der Waals surface area (Å²) in [6, 6.07) is 6.86. The maximum atomic E-state index is 12.4. The smallest absolute Gasteiger partial charge is 0.217 e. The summed E-state index contributed by atoms with van der Waals surface area (Å²) in [5.41, 5.74) is 0.642. The maximum absolute atomic E-state index is 12.4. The third-order valence-corrected chi connectivity index (χ3v) is 5.64.